The minimum Gasteiger partial charge on any atom is -0.494 e. The highest BCUT2D eigenvalue weighted by atomic mass is 16.5. The van der Waals surface area contributed by atoms with Crippen LogP contribution in [0.1, 0.15) is 38.3 Å². The third-order valence-corrected chi connectivity index (χ3v) is 5.82. The van der Waals surface area contributed by atoms with Gasteiger partial charge in [0.05, 0.1) is 12.5 Å². The fourth-order valence-corrected chi connectivity index (χ4v) is 3.92. The zero-order chi connectivity index (χ0) is 22.2. The summed E-state index contributed by atoms with van der Waals surface area (Å²) < 4.78 is 5.46. The molecule has 0 spiro atoms. The van der Waals surface area contributed by atoms with Crippen molar-refractivity contribution < 1.29 is 14.3 Å². The van der Waals surface area contributed by atoms with Gasteiger partial charge in [-0.15, -0.1) is 0 Å². The molecule has 1 aliphatic heterocycles. The lowest BCUT2D eigenvalue weighted by atomic mass is 10.1. The Bertz CT molecular complexity index is 878. The van der Waals surface area contributed by atoms with Gasteiger partial charge >= 0.3 is 0 Å². The van der Waals surface area contributed by atoms with Crippen molar-refractivity contribution in [2.24, 2.45) is 5.92 Å². The van der Waals surface area contributed by atoms with Crippen LogP contribution in [0.25, 0.3) is 0 Å². The second-order valence-electron chi connectivity index (χ2n) is 7.78. The second kappa shape index (κ2) is 11.0. The molecular weight excluding hydrogens is 390 g/mol. The predicted octanol–water partition coefficient (Wildman–Crippen LogP) is 3.60. The summed E-state index contributed by atoms with van der Waals surface area (Å²) in [4.78, 5) is 29.4. The number of hydrogen-bond acceptors (Lipinski definition) is 4. The fourth-order valence-electron chi connectivity index (χ4n) is 3.92. The normalized spacial score (nSPS) is 16.1. The smallest absolute Gasteiger partial charge is 0.227 e. The maximum atomic E-state index is 12.8. The number of hydrogen-bond donors (Lipinski definition) is 1. The van der Waals surface area contributed by atoms with E-state index in [4.69, 9.17) is 4.74 Å². The van der Waals surface area contributed by atoms with Crippen molar-refractivity contribution in [1.29, 1.82) is 0 Å². The number of rotatable bonds is 10. The van der Waals surface area contributed by atoms with Crippen LogP contribution in [0.4, 0.5) is 5.69 Å². The first kappa shape index (κ1) is 22.8. The standard InChI is InChI=1S/C25H33N3O3/c1-4-27(5-2)17-20-10-8-7-9-19(20)16-26-25(30)21-15-24(29)28(18-21)22-11-13-23(14-12-22)31-6-3/h7-14,21H,4-6,15-18H2,1-3H3,(H,26,30)/t21-/m0/s1. The maximum absolute atomic E-state index is 12.8. The molecule has 2 aromatic carbocycles. The number of nitrogens with one attached hydrogen (secondary N) is 1. The molecule has 166 valence electrons. The number of benzene rings is 2. The molecule has 1 aliphatic rings. The molecule has 3 rings (SSSR count). The third kappa shape index (κ3) is 5.85. The molecule has 1 fully saturated rings. The molecule has 1 N–H and O–H groups in total. The van der Waals surface area contributed by atoms with Gasteiger partial charge in [-0.3, -0.25) is 14.5 Å². The monoisotopic (exact) mass is 423 g/mol. The van der Waals surface area contributed by atoms with Crippen molar-refractivity contribution in [2.45, 2.75) is 40.3 Å². The van der Waals surface area contributed by atoms with E-state index in [1.807, 2.05) is 43.3 Å². The Labute approximate surface area is 185 Å². The minimum absolute atomic E-state index is 0.0220. The van der Waals surface area contributed by atoms with Crippen molar-refractivity contribution in [3.8, 4) is 5.75 Å². The van der Waals surface area contributed by atoms with Crippen molar-refractivity contribution in [3.05, 3.63) is 59.7 Å². The highest BCUT2D eigenvalue weighted by Gasteiger charge is 2.35. The number of amides is 2. The van der Waals surface area contributed by atoms with Crippen molar-refractivity contribution in [2.75, 3.05) is 31.1 Å². The van der Waals surface area contributed by atoms with E-state index in [1.54, 1.807) is 4.90 Å². The van der Waals surface area contributed by atoms with Crippen LogP contribution < -0.4 is 15.0 Å². The topological polar surface area (TPSA) is 61.9 Å². The molecule has 0 unspecified atom stereocenters. The summed E-state index contributed by atoms with van der Waals surface area (Å²) in [5.41, 5.74) is 3.15. The van der Waals surface area contributed by atoms with Gasteiger partial charge in [-0.05, 0) is 55.4 Å². The molecule has 0 bridgehead atoms. The van der Waals surface area contributed by atoms with Gasteiger partial charge in [-0.1, -0.05) is 38.1 Å². The van der Waals surface area contributed by atoms with Crippen LogP contribution in [0, 0.1) is 5.92 Å². The Morgan fingerprint density at radius 1 is 1.06 bits per heavy atom. The molecule has 0 saturated carbocycles. The number of carbonyl (C=O) groups excluding carboxylic acids is 2. The molecule has 0 aromatic heterocycles. The molecule has 6 heteroatoms. The van der Waals surface area contributed by atoms with Crippen LogP contribution in [0.15, 0.2) is 48.5 Å². The zero-order valence-electron chi connectivity index (χ0n) is 18.8. The Kier molecular flexibility index (Phi) is 8.06. The average molecular weight is 424 g/mol. The van der Waals surface area contributed by atoms with Gasteiger partial charge in [0, 0.05) is 31.7 Å². The van der Waals surface area contributed by atoms with Crippen molar-refractivity contribution in [1.82, 2.24) is 10.2 Å². The summed E-state index contributed by atoms with van der Waals surface area (Å²) in [6.07, 6.45) is 0.236. The fraction of sp³-hybridized carbons (Fsp3) is 0.440. The number of nitrogens with zero attached hydrogens (tertiary/aromatic N) is 2. The van der Waals surface area contributed by atoms with E-state index in [9.17, 15) is 9.59 Å². The molecule has 1 saturated heterocycles. The largest absolute Gasteiger partial charge is 0.494 e. The molecular formula is C25H33N3O3. The average Bonchev–Trinajstić information content (AvgIpc) is 3.19. The van der Waals surface area contributed by atoms with Crippen molar-refractivity contribution >= 4 is 17.5 Å². The van der Waals surface area contributed by atoms with Crippen LogP contribution >= 0.6 is 0 Å². The second-order valence-corrected chi connectivity index (χ2v) is 7.78. The maximum Gasteiger partial charge on any atom is 0.227 e. The van der Waals surface area contributed by atoms with E-state index in [1.165, 1.54) is 5.56 Å². The lowest BCUT2D eigenvalue weighted by Gasteiger charge is -2.20. The number of ether oxygens (including phenoxy) is 1. The molecule has 2 aromatic rings. The van der Waals surface area contributed by atoms with E-state index in [0.29, 0.717) is 19.7 Å². The molecule has 31 heavy (non-hydrogen) atoms. The summed E-state index contributed by atoms with van der Waals surface area (Å²) in [5.74, 6) is 0.343. The first-order valence-electron chi connectivity index (χ1n) is 11.2. The van der Waals surface area contributed by atoms with Gasteiger partial charge in [0.1, 0.15) is 5.75 Å². The van der Waals surface area contributed by atoms with Gasteiger partial charge in [-0.2, -0.15) is 0 Å². The Balaban J connectivity index is 1.59. The van der Waals surface area contributed by atoms with E-state index in [-0.39, 0.29) is 24.2 Å². The SMILES string of the molecule is CCOc1ccc(N2C[C@@H](C(=O)NCc3ccccc3CN(CC)CC)CC2=O)cc1. The third-order valence-electron chi connectivity index (χ3n) is 5.82. The molecule has 2 amide bonds. The van der Waals surface area contributed by atoms with Crippen LogP contribution in [0.5, 0.6) is 5.75 Å². The van der Waals surface area contributed by atoms with Crippen molar-refractivity contribution in [3.63, 3.8) is 0 Å². The number of anilines is 1. The molecule has 1 heterocycles. The Morgan fingerprint density at radius 2 is 1.74 bits per heavy atom. The van der Waals surface area contributed by atoms with Crippen LogP contribution in [-0.4, -0.2) is 43.0 Å². The minimum atomic E-state index is -0.339. The number of carbonyl (C=O) groups is 2. The van der Waals surface area contributed by atoms with E-state index < -0.39 is 0 Å². The summed E-state index contributed by atoms with van der Waals surface area (Å²) in [6, 6.07) is 15.7. The van der Waals surface area contributed by atoms with E-state index in [0.717, 1.165) is 36.6 Å². The molecule has 1 atom stereocenters. The first-order chi connectivity index (χ1) is 15.0. The van der Waals surface area contributed by atoms with Gasteiger partial charge in [0.2, 0.25) is 11.8 Å². The lowest BCUT2D eigenvalue weighted by Crippen LogP contribution is -2.33. The highest BCUT2D eigenvalue weighted by Crippen LogP contribution is 2.27. The Morgan fingerprint density at radius 3 is 2.39 bits per heavy atom. The predicted molar refractivity (Wildman–Crippen MR) is 123 cm³/mol. The molecule has 0 radical (unpaired) electrons. The van der Waals surface area contributed by atoms with Crippen LogP contribution in [0.3, 0.4) is 0 Å². The first-order valence-corrected chi connectivity index (χ1v) is 11.2. The van der Waals surface area contributed by atoms with Gasteiger partial charge < -0.3 is 15.0 Å². The van der Waals surface area contributed by atoms with Gasteiger partial charge in [0.25, 0.3) is 0 Å². The quantitative estimate of drug-likeness (QED) is 0.634. The van der Waals surface area contributed by atoms with Gasteiger partial charge in [0.15, 0.2) is 0 Å². The zero-order valence-corrected chi connectivity index (χ0v) is 18.8. The summed E-state index contributed by atoms with van der Waals surface area (Å²) in [7, 11) is 0. The highest BCUT2D eigenvalue weighted by molar-refractivity contribution is 6.00. The van der Waals surface area contributed by atoms with E-state index >= 15 is 0 Å². The van der Waals surface area contributed by atoms with Gasteiger partial charge in [-0.25, -0.2) is 0 Å². The van der Waals surface area contributed by atoms with Crippen LogP contribution in [-0.2, 0) is 22.7 Å². The summed E-state index contributed by atoms with van der Waals surface area (Å²) in [6.45, 7) is 10.6. The summed E-state index contributed by atoms with van der Waals surface area (Å²) >= 11 is 0. The lowest BCUT2D eigenvalue weighted by molar-refractivity contribution is -0.126. The Hall–Kier alpha value is -2.86. The van der Waals surface area contributed by atoms with Crippen LogP contribution in [0.2, 0.25) is 0 Å². The summed E-state index contributed by atoms with van der Waals surface area (Å²) in [5, 5.41) is 3.05. The van der Waals surface area contributed by atoms with E-state index in [2.05, 4.69) is 36.2 Å². The molecule has 6 nitrogen and oxygen atoms in total. The molecule has 0 aliphatic carbocycles.